The SMILES string of the molecule is C=C(C)[C@@H]1CC[C@]2(C)S[P@@](=S)(OC[C@H]3O[C@@H](n4cnc5c(N)ncnc54)[C@H](F)C3O[Si](C)(C)C(C)(C)C)O[C@H]2C1. The molecule has 0 spiro atoms. The van der Waals surface area contributed by atoms with Crippen molar-refractivity contribution in [3.05, 3.63) is 24.8 Å². The van der Waals surface area contributed by atoms with Crippen molar-refractivity contribution < 1.29 is 22.6 Å². The molecule has 1 saturated carbocycles. The van der Waals surface area contributed by atoms with Gasteiger partial charge in [-0.05, 0) is 69.0 Å². The molecule has 1 unspecified atom stereocenters. The lowest BCUT2D eigenvalue weighted by atomic mass is 9.77. The summed E-state index contributed by atoms with van der Waals surface area (Å²) in [7, 11) is -2.37. The Balaban J connectivity index is 1.38. The van der Waals surface area contributed by atoms with Crippen molar-refractivity contribution in [1.82, 2.24) is 19.5 Å². The average molecular weight is 630 g/mol. The van der Waals surface area contributed by atoms with E-state index in [0.717, 1.165) is 19.3 Å². The second-order valence-corrected chi connectivity index (χ2v) is 24.4. The molecule has 2 aliphatic heterocycles. The van der Waals surface area contributed by atoms with Gasteiger partial charge in [-0.25, -0.2) is 19.3 Å². The molecule has 40 heavy (non-hydrogen) atoms. The fourth-order valence-electron chi connectivity index (χ4n) is 5.37. The van der Waals surface area contributed by atoms with Crippen LogP contribution in [0.15, 0.2) is 24.8 Å². The first-order valence-corrected chi connectivity index (χ1v) is 20.7. The van der Waals surface area contributed by atoms with Crippen molar-refractivity contribution in [3.63, 3.8) is 0 Å². The van der Waals surface area contributed by atoms with Crippen LogP contribution in [0.25, 0.3) is 11.2 Å². The molecule has 5 rings (SSSR count). The van der Waals surface area contributed by atoms with E-state index in [1.54, 1.807) is 15.9 Å². The Morgan fingerprint density at radius 3 is 2.77 bits per heavy atom. The van der Waals surface area contributed by atoms with Gasteiger partial charge in [0.05, 0.1) is 19.0 Å². The van der Waals surface area contributed by atoms with Gasteiger partial charge in [0.25, 0.3) is 0 Å². The summed E-state index contributed by atoms with van der Waals surface area (Å²) in [5.74, 6) is 0.653. The van der Waals surface area contributed by atoms with Crippen molar-refractivity contribution in [2.75, 3.05) is 12.3 Å². The van der Waals surface area contributed by atoms with E-state index in [-0.39, 0.29) is 28.3 Å². The van der Waals surface area contributed by atoms with Gasteiger partial charge in [0.1, 0.15) is 24.1 Å². The maximum absolute atomic E-state index is 16.4. The zero-order chi connectivity index (χ0) is 29.3. The number of anilines is 1. The molecule has 0 amide bonds. The molecule has 2 saturated heterocycles. The summed E-state index contributed by atoms with van der Waals surface area (Å²) in [5, 5.41) is -0.125. The van der Waals surface area contributed by atoms with Crippen molar-refractivity contribution in [2.45, 2.75) is 107 Å². The first-order chi connectivity index (χ1) is 18.5. The molecule has 2 aromatic heterocycles. The first kappa shape index (κ1) is 30.5. The molecule has 2 N–H and O–H groups in total. The predicted molar refractivity (Wildman–Crippen MR) is 164 cm³/mol. The quantitative estimate of drug-likeness (QED) is 0.206. The van der Waals surface area contributed by atoms with Crippen LogP contribution in [-0.4, -0.2) is 63.7 Å². The second kappa shape index (κ2) is 10.7. The zero-order valence-electron chi connectivity index (χ0n) is 24.3. The summed E-state index contributed by atoms with van der Waals surface area (Å²) < 4.78 is 43.7. The van der Waals surface area contributed by atoms with Gasteiger partial charge in [-0.15, -0.1) is 0 Å². The molecule has 4 heterocycles. The van der Waals surface area contributed by atoms with Crippen LogP contribution in [0.4, 0.5) is 10.2 Å². The number of ether oxygens (including phenoxy) is 1. The van der Waals surface area contributed by atoms with Crippen LogP contribution in [0.5, 0.6) is 0 Å². The van der Waals surface area contributed by atoms with Crippen LogP contribution in [0.3, 0.4) is 0 Å². The van der Waals surface area contributed by atoms with Gasteiger partial charge in [-0.2, -0.15) is 0 Å². The highest BCUT2D eigenvalue weighted by atomic mass is 32.9. The number of nitrogens with zero attached hydrogens (tertiary/aromatic N) is 4. The lowest BCUT2D eigenvalue weighted by Crippen LogP contribution is -2.49. The van der Waals surface area contributed by atoms with Gasteiger partial charge < -0.3 is 23.9 Å². The Morgan fingerprint density at radius 2 is 2.10 bits per heavy atom. The average Bonchev–Trinajstić information content (AvgIpc) is 3.48. The fraction of sp³-hybridized carbons (Fsp3) is 0.731. The van der Waals surface area contributed by atoms with Crippen LogP contribution in [0, 0.1) is 5.92 Å². The number of nitrogens with two attached hydrogens (primary N) is 1. The summed E-state index contributed by atoms with van der Waals surface area (Å²) in [6.45, 7) is 19.1. The number of rotatable bonds is 7. The number of imidazole rings is 1. The molecule has 0 aromatic carbocycles. The lowest BCUT2D eigenvalue weighted by molar-refractivity contribution is -0.0405. The molecule has 1 aliphatic carbocycles. The molecule has 8 atom stereocenters. The zero-order valence-corrected chi connectivity index (χ0v) is 27.8. The van der Waals surface area contributed by atoms with Crippen LogP contribution >= 0.6 is 17.1 Å². The topological polar surface area (TPSA) is 107 Å². The Kier molecular flexibility index (Phi) is 8.14. The highest BCUT2D eigenvalue weighted by Gasteiger charge is 2.55. The van der Waals surface area contributed by atoms with Gasteiger partial charge in [-0.3, -0.25) is 4.57 Å². The van der Waals surface area contributed by atoms with E-state index in [0.29, 0.717) is 17.1 Å². The van der Waals surface area contributed by atoms with Gasteiger partial charge in [0, 0.05) is 4.75 Å². The number of halogens is 1. The van der Waals surface area contributed by atoms with E-state index in [1.807, 2.05) is 0 Å². The van der Waals surface area contributed by atoms with E-state index in [9.17, 15) is 0 Å². The first-order valence-electron chi connectivity index (χ1n) is 13.7. The minimum Gasteiger partial charge on any atom is -0.408 e. The maximum Gasteiger partial charge on any atom is 0.248 e. The molecule has 222 valence electrons. The Bertz CT molecular complexity index is 1340. The van der Waals surface area contributed by atoms with Crippen LogP contribution in [-0.2, 0) is 30.0 Å². The highest BCUT2D eigenvalue weighted by molar-refractivity contribution is 8.68. The summed E-state index contributed by atoms with van der Waals surface area (Å²) in [6.07, 6.45) is 1.71. The van der Waals surface area contributed by atoms with Gasteiger partial charge >= 0.3 is 0 Å². The van der Waals surface area contributed by atoms with E-state index in [4.69, 9.17) is 35.8 Å². The Hall–Kier alpha value is -0.923. The fourth-order valence-corrected chi connectivity index (χ4v) is 13.8. The highest BCUT2D eigenvalue weighted by Crippen LogP contribution is 2.75. The summed E-state index contributed by atoms with van der Waals surface area (Å²) in [6, 6.07) is 0. The number of allylic oxidation sites excluding steroid dienone is 1. The molecular formula is C26H41FN5O4PS2Si. The molecule has 3 aliphatic rings. The third-order valence-corrected chi connectivity index (χ3v) is 19.3. The molecule has 2 aromatic rings. The number of aromatic nitrogens is 4. The molecule has 9 nitrogen and oxygen atoms in total. The summed E-state index contributed by atoms with van der Waals surface area (Å²) >= 11 is 7.64. The van der Waals surface area contributed by atoms with Crippen LogP contribution in [0.1, 0.15) is 60.1 Å². The van der Waals surface area contributed by atoms with E-state index in [1.165, 1.54) is 18.2 Å². The second-order valence-electron chi connectivity index (χ2n) is 13.0. The molecule has 0 bridgehead atoms. The lowest BCUT2D eigenvalue weighted by Gasteiger charge is -2.39. The minimum absolute atomic E-state index is 0.00619. The molecule has 14 heteroatoms. The number of hydrogen-bond acceptors (Lipinski definition) is 10. The number of fused-ring (bicyclic) bond motifs is 2. The largest absolute Gasteiger partial charge is 0.408 e. The minimum atomic E-state index is -2.69. The van der Waals surface area contributed by atoms with E-state index < -0.39 is 38.6 Å². The van der Waals surface area contributed by atoms with Crippen molar-refractivity contribution in [1.29, 1.82) is 0 Å². The van der Waals surface area contributed by atoms with Crippen LogP contribution in [0.2, 0.25) is 18.1 Å². The predicted octanol–water partition coefficient (Wildman–Crippen LogP) is 6.54. The van der Waals surface area contributed by atoms with Gasteiger partial charge in [0.2, 0.25) is 5.69 Å². The van der Waals surface area contributed by atoms with Gasteiger partial charge in [0.15, 0.2) is 32.2 Å². The molecular weight excluding hydrogens is 589 g/mol. The monoisotopic (exact) mass is 629 g/mol. The smallest absolute Gasteiger partial charge is 0.248 e. The molecule has 0 radical (unpaired) electrons. The standard InChI is InChI=1S/C26H41FN5O4PS2Si/c1-15(2)16-9-10-26(6)18(11-16)35-37(38,39-26)33-12-17-21(36-40(7,8)25(3,4)5)19(27)24(34-17)32-14-31-20-22(28)29-13-30-23(20)32/h13-14,16-19,21,24H,1,9-12H2,2-8H3,(H2,28,29,30)/t16-,17-,18+,19-,21?,24-,26+,37+/m1/s1. The Morgan fingerprint density at radius 1 is 1.38 bits per heavy atom. The van der Waals surface area contributed by atoms with Crippen LogP contribution < -0.4 is 5.73 Å². The number of hydrogen-bond donors (Lipinski definition) is 1. The third kappa shape index (κ3) is 5.57. The normalized spacial score (nSPS) is 36.7. The maximum atomic E-state index is 16.4. The van der Waals surface area contributed by atoms with E-state index in [2.05, 4.69) is 69.2 Å². The van der Waals surface area contributed by atoms with Crippen molar-refractivity contribution in [2.24, 2.45) is 5.92 Å². The summed E-state index contributed by atoms with van der Waals surface area (Å²) in [4.78, 5) is 12.6. The number of alkyl halides is 1. The van der Waals surface area contributed by atoms with Gasteiger partial charge in [-0.1, -0.05) is 44.3 Å². The van der Waals surface area contributed by atoms with Crippen molar-refractivity contribution >= 4 is 54.2 Å². The summed E-state index contributed by atoms with van der Waals surface area (Å²) in [5.41, 5.74) is 5.27. The molecule has 3 fully saturated rings. The Labute approximate surface area is 246 Å². The number of nitrogen functional groups attached to an aromatic ring is 1. The third-order valence-electron chi connectivity index (χ3n) is 9.00. The van der Waals surface area contributed by atoms with Crippen molar-refractivity contribution in [3.8, 4) is 0 Å². The van der Waals surface area contributed by atoms with E-state index >= 15 is 4.39 Å².